The number of ether oxygens (including phenoxy) is 5. The first-order chi connectivity index (χ1) is 49.9. The zero-order chi connectivity index (χ0) is 74.7. The highest BCUT2D eigenvalue weighted by atomic mass is 16.5. The van der Waals surface area contributed by atoms with Crippen LogP contribution in [0.1, 0.15) is 132 Å². The van der Waals surface area contributed by atoms with E-state index in [2.05, 4.69) is 0 Å². The molecular weight excluding hydrogens is 1380 g/mol. The van der Waals surface area contributed by atoms with Crippen molar-refractivity contribution in [3.63, 3.8) is 0 Å². The van der Waals surface area contributed by atoms with Crippen molar-refractivity contribution in [1.82, 2.24) is 0 Å². The zero-order valence-electron chi connectivity index (χ0n) is 53.6. The van der Waals surface area contributed by atoms with Crippen molar-refractivity contribution in [3.05, 3.63) is 205 Å². The van der Waals surface area contributed by atoms with Crippen molar-refractivity contribution in [2.45, 2.75) is 91.1 Å². The highest BCUT2D eigenvalue weighted by Gasteiger charge is 2.56. The first-order valence-corrected chi connectivity index (χ1v) is 32.1. The zero-order valence-corrected chi connectivity index (χ0v) is 53.6. The van der Waals surface area contributed by atoms with Crippen LogP contribution in [0.2, 0.25) is 0 Å². The van der Waals surface area contributed by atoms with E-state index in [0.717, 1.165) is 103 Å². The summed E-state index contributed by atoms with van der Waals surface area (Å²) in [4.78, 5) is 0. The second-order valence-corrected chi connectivity index (χ2v) is 26.3. The van der Waals surface area contributed by atoms with Gasteiger partial charge in [0, 0.05) is 92.9 Å². The van der Waals surface area contributed by atoms with Crippen LogP contribution in [0, 0.1) is 0 Å². The quantitative estimate of drug-likeness (QED) is 0.0628. The summed E-state index contributed by atoms with van der Waals surface area (Å²) in [6, 6.07) is 20.8. The highest BCUT2D eigenvalue weighted by molar-refractivity contribution is 5.77. The summed E-state index contributed by atoms with van der Waals surface area (Å²) in [5, 5.41) is 299. The topological polar surface area (TPSA) is 552 Å². The lowest BCUT2D eigenvalue weighted by Gasteiger charge is -2.45. The summed E-state index contributed by atoms with van der Waals surface area (Å²) in [6.45, 7) is 0. The van der Waals surface area contributed by atoms with Crippen LogP contribution in [0.25, 0.3) is 0 Å². The van der Waals surface area contributed by atoms with Crippen molar-refractivity contribution in [3.8, 4) is 144 Å². The van der Waals surface area contributed by atoms with Crippen molar-refractivity contribution < 1.29 is 151 Å². The molecule has 25 N–H and O–H groups in total. The average Bonchev–Trinajstić information content (AvgIpc) is 0.689. The summed E-state index contributed by atoms with van der Waals surface area (Å²) in [5.41, 5.74) is -7.51. The average molecular weight is 1440 g/mol. The van der Waals surface area contributed by atoms with Gasteiger partial charge in [0.15, 0.2) is 81.9 Å². The van der Waals surface area contributed by atoms with Gasteiger partial charge in [0.05, 0.1) is 29.8 Å². The molecule has 5 heterocycles. The summed E-state index contributed by atoms with van der Waals surface area (Å²) in [5.74, 6) is -29.2. The predicted octanol–water partition coefficient (Wildman–Crippen LogP) is 7.34. The van der Waals surface area contributed by atoms with Crippen LogP contribution >= 0.6 is 0 Å². The van der Waals surface area contributed by atoms with E-state index in [1.807, 2.05) is 0 Å². The maximum Gasteiger partial charge on any atom is 0.157 e. The monoisotopic (exact) mass is 1440 g/mol. The second-order valence-electron chi connectivity index (χ2n) is 26.3. The van der Waals surface area contributed by atoms with Gasteiger partial charge in [0.1, 0.15) is 117 Å². The van der Waals surface area contributed by atoms with Crippen LogP contribution in [0.15, 0.2) is 127 Å². The number of aliphatic hydroxyl groups is 5. The van der Waals surface area contributed by atoms with E-state index in [4.69, 9.17) is 23.7 Å². The fourth-order valence-corrected chi connectivity index (χ4v) is 15.4. The largest absolute Gasteiger partial charge is 0.508 e. The van der Waals surface area contributed by atoms with Gasteiger partial charge >= 0.3 is 0 Å². The number of phenols is 20. The van der Waals surface area contributed by atoms with Crippen LogP contribution in [-0.2, 0) is 6.42 Å². The van der Waals surface area contributed by atoms with Crippen LogP contribution < -0.4 is 23.7 Å². The van der Waals surface area contributed by atoms with Crippen molar-refractivity contribution in [2.75, 3.05) is 0 Å². The normalized spacial score (nSPS) is 24.2. The standard InChI is InChI=1S/C75H62O30/c76-28-16-42(89)49-46(19-28)101-70(24-2-7-33(80)38(85)12-24)65(97)52(49)56-61(93)31-22-45(92)69(23-1-6-32(79)37(84)11-23)104-74(31)58(62(56)94)55-60-64(96)57(53-50-43(90)17-29(77)20-47(50)102-71(66(53)98)25-3-8-34(81)39(86)13-25)63(95)59(75(60)105-73(68(55)100)27-5-10-36(83)41(88)15-27)54-51-44(91)18-30(78)21-48(51)103-72(67(54)99)26-4-9-35(82)40(87)14-26/h1-21,45,52-55,65-73,76-100H,22H2. The SMILES string of the molecule is Oc1cc(O)c2c(c1)OC(c1ccc(O)c(O)c1)C(O)C2c1c(O)c2c(c(C3c4c(O)c(C5c6c(O)cc(O)cc6OC(c6ccc(O)c(O)c6)C5O)c(O)c(C5c6c(O)cc(O)cc6OC(c6ccc(O)c(O)c6)C5O)c4OC(c4ccc(O)c(O)c4)C3O)c1O)OC(c1ccc(O)c(O)c1)C(O)C2. The third-order valence-corrected chi connectivity index (χ3v) is 20.1. The molecule has 15 rings (SSSR count). The molecule has 0 amide bonds. The Morgan fingerprint density at radius 1 is 0.229 bits per heavy atom. The van der Waals surface area contributed by atoms with Gasteiger partial charge in [0.2, 0.25) is 0 Å². The molecule has 10 aromatic rings. The van der Waals surface area contributed by atoms with Gasteiger partial charge in [-0.2, -0.15) is 0 Å². The lowest BCUT2D eigenvalue weighted by Crippen LogP contribution is -2.40. The molecule has 14 atom stereocenters. The molecule has 0 fully saturated rings. The Morgan fingerprint density at radius 3 is 0.800 bits per heavy atom. The number of aromatic hydroxyl groups is 20. The lowest BCUT2D eigenvalue weighted by molar-refractivity contribution is -0.00703. The number of phenolic OH excluding ortho intramolecular Hbond substituents is 20. The van der Waals surface area contributed by atoms with E-state index >= 15 is 0 Å². The molecule has 105 heavy (non-hydrogen) atoms. The fourth-order valence-electron chi connectivity index (χ4n) is 15.4. The molecule has 0 saturated carbocycles. The number of rotatable bonds is 9. The minimum atomic E-state index is -2.52. The summed E-state index contributed by atoms with van der Waals surface area (Å²) < 4.78 is 32.5. The first kappa shape index (κ1) is 67.8. The molecule has 14 unspecified atom stereocenters. The molecule has 0 saturated heterocycles. The van der Waals surface area contributed by atoms with Crippen molar-refractivity contribution in [1.29, 1.82) is 0 Å². The molecule has 542 valence electrons. The number of benzene rings is 10. The summed E-state index contributed by atoms with van der Waals surface area (Å²) in [7, 11) is 0. The molecule has 30 nitrogen and oxygen atoms in total. The Balaban J connectivity index is 1.11. The van der Waals surface area contributed by atoms with Crippen molar-refractivity contribution >= 4 is 0 Å². The molecule has 0 aromatic heterocycles. The Morgan fingerprint density at radius 2 is 0.486 bits per heavy atom. The third kappa shape index (κ3) is 10.7. The van der Waals surface area contributed by atoms with Gasteiger partial charge in [-0.15, -0.1) is 0 Å². The predicted molar refractivity (Wildman–Crippen MR) is 356 cm³/mol. The lowest BCUT2D eigenvalue weighted by atomic mass is 9.69. The first-order valence-electron chi connectivity index (χ1n) is 32.1. The number of fused-ring (bicyclic) bond motifs is 5. The Labute approximate surface area is 589 Å². The molecule has 0 aliphatic carbocycles. The Bertz CT molecular complexity index is 5270. The minimum Gasteiger partial charge on any atom is -0.508 e. The van der Waals surface area contributed by atoms with E-state index < -0.39 is 285 Å². The number of aliphatic hydroxyl groups excluding tert-OH is 5. The molecule has 0 bridgehead atoms. The molecule has 5 aliphatic heterocycles. The maximum atomic E-state index is 14.2. The van der Waals surface area contributed by atoms with E-state index in [-0.39, 0.29) is 27.8 Å². The van der Waals surface area contributed by atoms with Gasteiger partial charge in [-0.1, -0.05) is 30.3 Å². The van der Waals surface area contributed by atoms with Crippen molar-refractivity contribution in [2.24, 2.45) is 0 Å². The smallest absolute Gasteiger partial charge is 0.157 e. The summed E-state index contributed by atoms with van der Waals surface area (Å²) in [6.07, 6.45) is -21.5. The third-order valence-electron chi connectivity index (χ3n) is 20.1. The fraction of sp³-hybridized carbons (Fsp3) is 0.200. The van der Waals surface area contributed by atoms with E-state index in [1.54, 1.807) is 0 Å². The summed E-state index contributed by atoms with van der Waals surface area (Å²) >= 11 is 0. The van der Waals surface area contributed by atoms with Gasteiger partial charge in [-0.3, -0.25) is 0 Å². The van der Waals surface area contributed by atoms with E-state index in [1.165, 1.54) is 24.3 Å². The molecule has 0 radical (unpaired) electrons. The van der Waals surface area contributed by atoms with Gasteiger partial charge in [-0.25, -0.2) is 0 Å². The van der Waals surface area contributed by atoms with Gasteiger partial charge in [-0.05, 0) is 88.5 Å². The Hall–Kier alpha value is -13.0. The number of hydrogen-bond acceptors (Lipinski definition) is 30. The molecular formula is C75H62O30. The van der Waals surface area contributed by atoms with Crippen LogP contribution in [-0.4, -0.2) is 158 Å². The van der Waals surface area contributed by atoms with Crippen LogP contribution in [0.3, 0.4) is 0 Å². The second kappa shape index (κ2) is 24.6. The van der Waals surface area contributed by atoms with Crippen LogP contribution in [0.5, 0.6) is 144 Å². The van der Waals surface area contributed by atoms with Crippen LogP contribution in [0.4, 0.5) is 0 Å². The molecule has 0 spiro atoms. The highest BCUT2D eigenvalue weighted by Crippen LogP contribution is 2.68. The molecule has 10 aromatic carbocycles. The van der Waals surface area contributed by atoms with E-state index in [9.17, 15) is 128 Å². The molecule has 5 aliphatic rings. The molecule has 30 heteroatoms. The Kier molecular flexibility index (Phi) is 15.9. The maximum absolute atomic E-state index is 14.2. The number of hydrogen-bond donors (Lipinski definition) is 25. The minimum absolute atomic E-state index is 0.122. The van der Waals surface area contributed by atoms with Gasteiger partial charge < -0.3 is 151 Å². The van der Waals surface area contributed by atoms with E-state index in [0.29, 0.717) is 0 Å². The van der Waals surface area contributed by atoms with Gasteiger partial charge in [0.25, 0.3) is 0 Å².